The molecular formula is C22H30F6N2O5. The predicted molar refractivity (Wildman–Crippen MR) is 113 cm³/mol. The lowest BCUT2D eigenvalue weighted by Gasteiger charge is -2.36. The van der Waals surface area contributed by atoms with Crippen LogP contribution >= 0.6 is 0 Å². The molecule has 0 bridgehead atoms. The van der Waals surface area contributed by atoms with E-state index in [9.17, 15) is 26.3 Å². The molecule has 2 heterocycles. The molecule has 1 saturated heterocycles. The Morgan fingerprint density at radius 3 is 1.86 bits per heavy atom. The second-order valence-corrected chi connectivity index (χ2v) is 8.54. The maximum atomic E-state index is 10.6. The molecular weight excluding hydrogens is 486 g/mol. The summed E-state index contributed by atoms with van der Waals surface area (Å²) in [5.41, 5.74) is 0. The number of carboxylic acid groups (broad SMARTS) is 2. The van der Waals surface area contributed by atoms with Gasteiger partial charge in [0.2, 0.25) is 0 Å². The highest BCUT2D eigenvalue weighted by Crippen LogP contribution is 2.29. The Morgan fingerprint density at radius 1 is 0.971 bits per heavy atom. The standard InChI is InChI=1S/C18H28N2O.2C2HF3O2/c1-15-4-6-16(7-5-15)14-20-11-8-17(9-12-20)21-18-3-2-10-19-13-18;2*3-2(4,5)1(6)7/h2-3,10,13,15-17H,4-9,11-12,14H2,1H3;2*(H,6,7). The van der Waals surface area contributed by atoms with Gasteiger partial charge in [0.05, 0.1) is 6.20 Å². The van der Waals surface area contributed by atoms with Crippen molar-refractivity contribution >= 4 is 11.9 Å². The number of ether oxygens (including phenoxy) is 1. The van der Waals surface area contributed by atoms with E-state index in [1.54, 1.807) is 6.20 Å². The maximum absolute atomic E-state index is 10.6. The molecule has 1 aromatic heterocycles. The Labute approximate surface area is 199 Å². The van der Waals surface area contributed by atoms with Gasteiger partial charge in [-0.05, 0) is 49.7 Å². The highest BCUT2D eigenvalue weighted by Gasteiger charge is 2.38. The molecule has 1 aromatic rings. The summed E-state index contributed by atoms with van der Waals surface area (Å²) in [6.45, 7) is 6.10. The van der Waals surface area contributed by atoms with E-state index in [4.69, 9.17) is 24.5 Å². The van der Waals surface area contributed by atoms with Crippen LogP contribution < -0.4 is 4.74 Å². The minimum atomic E-state index is -5.08. The number of halogens is 6. The molecule has 200 valence electrons. The first kappa shape index (κ1) is 30.5. The third kappa shape index (κ3) is 13.2. The van der Waals surface area contributed by atoms with Gasteiger partial charge in [0.15, 0.2) is 0 Å². The fourth-order valence-corrected chi connectivity index (χ4v) is 3.70. The van der Waals surface area contributed by atoms with Crippen molar-refractivity contribution in [3.8, 4) is 5.75 Å². The van der Waals surface area contributed by atoms with E-state index >= 15 is 0 Å². The van der Waals surface area contributed by atoms with E-state index < -0.39 is 24.3 Å². The van der Waals surface area contributed by atoms with Crippen molar-refractivity contribution in [3.05, 3.63) is 24.5 Å². The van der Waals surface area contributed by atoms with Crippen LogP contribution in [0.4, 0.5) is 26.3 Å². The van der Waals surface area contributed by atoms with Crippen LogP contribution in [0.3, 0.4) is 0 Å². The normalized spacial score (nSPS) is 21.6. The van der Waals surface area contributed by atoms with Gasteiger partial charge in [0, 0.05) is 25.8 Å². The third-order valence-corrected chi connectivity index (χ3v) is 5.61. The molecule has 2 aliphatic rings. The Hall–Kier alpha value is -2.57. The van der Waals surface area contributed by atoms with Crippen molar-refractivity contribution in [3.63, 3.8) is 0 Å². The van der Waals surface area contributed by atoms with E-state index in [1.165, 1.54) is 45.3 Å². The van der Waals surface area contributed by atoms with Crippen LogP contribution in [-0.2, 0) is 9.59 Å². The van der Waals surface area contributed by atoms with Crippen molar-refractivity contribution in [2.24, 2.45) is 11.8 Å². The van der Waals surface area contributed by atoms with Crippen LogP contribution in [0.2, 0.25) is 0 Å². The first-order chi connectivity index (χ1) is 16.2. The fourth-order valence-electron chi connectivity index (χ4n) is 3.70. The number of likely N-dealkylation sites (tertiary alicyclic amines) is 1. The van der Waals surface area contributed by atoms with Crippen molar-refractivity contribution < 1.29 is 50.9 Å². The lowest BCUT2D eigenvalue weighted by Crippen LogP contribution is -2.41. The smallest absolute Gasteiger partial charge is 0.489 e. The first-order valence-electron chi connectivity index (χ1n) is 11.1. The van der Waals surface area contributed by atoms with E-state index in [0.717, 1.165) is 30.4 Å². The number of carboxylic acids is 2. The van der Waals surface area contributed by atoms with Crippen molar-refractivity contribution in [2.45, 2.75) is 63.9 Å². The monoisotopic (exact) mass is 516 g/mol. The van der Waals surface area contributed by atoms with Crippen LogP contribution in [-0.4, -0.2) is 70.1 Å². The van der Waals surface area contributed by atoms with Gasteiger partial charge in [0.25, 0.3) is 0 Å². The molecule has 0 aromatic carbocycles. The van der Waals surface area contributed by atoms with E-state index in [0.29, 0.717) is 6.10 Å². The number of carbonyl (C=O) groups is 2. The van der Waals surface area contributed by atoms with Crippen LogP contribution in [0.1, 0.15) is 45.4 Å². The molecule has 1 aliphatic carbocycles. The predicted octanol–water partition coefficient (Wildman–Crippen LogP) is 5.02. The Morgan fingerprint density at radius 2 is 1.46 bits per heavy atom. The number of pyridine rings is 1. The van der Waals surface area contributed by atoms with Crippen molar-refractivity contribution in [1.82, 2.24) is 9.88 Å². The zero-order chi connectivity index (χ0) is 26.6. The first-order valence-corrected chi connectivity index (χ1v) is 11.1. The molecule has 2 fully saturated rings. The second kappa shape index (κ2) is 14.1. The van der Waals surface area contributed by atoms with E-state index in [1.807, 2.05) is 18.3 Å². The molecule has 3 rings (SSSR count). The van der Waals surface area contributed by atoms with Gasteiger partial charge >= 0.3 is 24.3 Å². The third-order valence-electron chi connectivity index (χ3n) is 5.61. The highest BCUT2D eigenvalue weighted by molar-refractivity contribution is 5.73. The molecule has 7 nitrogen and oxygen atoms in total. The van der Waals surface area contributed by atoms with E-state index in [-0.39, 0.29) is 0 Å². The summed E-state index contributed by atoms with van der Waals surface area (Å²) in [5, 5.41) is 14.2. The molecule has 0 spiro atoms. The van der Waals surface area contributed by atoms with Crippen LogP contribution in [0.25, 0.3) is 0 Å². The summed E-state index contributed by atoms with van der Waals surface area (Å²) in [6.07, 6.45) is 1.86. The minimum Gasteiger partial charge on any atom is -0.489 e. The summed E-state index contributed by atoms with van der Waals surface area (Å²) < 4.78 is 69.5. The molecule has 1 saturated carbocycles. The zero-order valence-electron chi connectivity index (χ0n) is 19.2. The molecule has 0 amide bonds. The molecule has 0 unspecified atom stereocenters. The van der Waals surface area contributed by atoms with Crippen LogP contribution in [0.5, 0.6) is 5.75 Å². The highest BCUT2D eigenvalue weighted by atomic mass is 19.4. The Bertz CT molecular complexity index is 736. The van der Waals surface area contributed by atoms with Crippen molar-refractivity contribution in [1.29, 1.82) is 0 Å². The molecule has 0 atom stereocenters. The Balaban J connectivity index is 0.000000362. The summed E-state index contributed by atoms with van der Waals surface area (Å²) in [6, 6.07) is 3.94. The summed E-state index contributed by atoms with van der Waals surface area (Å²) in [7, 11) is 0. The van der Waals surface area contributed by atoms with E-state index in [2.05, 4.69) is 16.8 Å². The number of rotatable bonds is 4. The number of hydrogen-bond donors (Lipinski definition) is 2. The summed E-state index contributed by atoms with van der Waals surface area (Å²) >= 11 is 0. The second-order valence-electron chi connectivity index (χ2n) is 8.54. The molecule has 0 radical (unpaired) electrons. The number of aliphatic carboxylic acids is 2. The van der Waals surface area contributed by atoms with Gasteiger partial charge in [-0.2, -0.15) is 26.3 Å². The number of hydrogen-bond acceptors (Lipinski definition) is 5. The molecule has 2 N–H and O–H groups in total. The lowest BCUT2D eigenvalue weighted by molar-refractivity contribution is -0.193. The topological polar surface area (TPSA) is 100.0 Å². The van der Waals surface area contributed by atoms with Gasteiger partial charge in [-0.25, -0.2) is 9.59 Å². The molecule has 1 aliphatic heterocycles. The molecule has 35 heavy (non-hydrogen) atoms. The van der Waals surface area contributed by atoms with Gasteiger partial charge < -0.3 is 19.8 Å². The lowest BCUT2D eigenvalue weighted by atomic mass is 9.82. The number of alkyl halides is 6. The molecule has 13 heteroatoms. The summed E-state index contributed by atoms with van der Waals surface area (Å²) in [5.74, 6) is -2.70. The minimum absolute atomic E-state index is 0.372. The average Bonchev–Trinajstić information content (AvgIpc) is 2.77. The maximum Gasteiger partial charge on any atom is 0.490 e. The zero-order valence-corrected chi connectivity index (χ0v) is 19.2. The average molecular weight is 516 g/mol. The quantitative estimate of drug-likeness (QED) is 0.543. The van der Waals surface area contributed by atoms with Crippen LogP contribution in [0.15, 0.2) is 24.5 Å². The number of aromatic nitrogens is 1. The van der Waals surface area contributed by atoms with Gasteiger partial charge in [-0.3, -0.25) is 4.98 Å². The van der Waals surface area contributed by atoms with Crippen molar-refractivity contribution in [2.75, 3.05) is 19.6 Å². The van der Waals surface area contributed by atoms with Gasteiger partial charge in [-0.1, -0.05) is 19.8 Å². The summed E-state index contributed by atoms with van der Waals surface area (Å²) in [4.78, 5) is 24.6. The van der Waals surface area contributed by atoms with Gasteiger partial charge in [0.1, 0.15) is 11.9 Å². The number of nitrogens with zero attached hydrogens (tertiary/aromatic N) is 2. The van der Waals surface area contributed by atoms with Gasteiger partial charge in [-0.15, -0.1) is 0 Å². The van der Waals surface area contributed by atoms with Crippen LogP contribution in [0, 0.1) is 11.8 Å². The Kier molecular flexibility index (Phi) is 12.3. The number of piperidine rings is 1. The fraction of sp³-hybridized carbons (Fsp3) is 0.682. The largest absolute Gasteiger partial charge is 0.490 e. The SMILES string of the molecule is CC1CCC(CN2CCC(Oc3cccnc3)CC2)CC1.O=C(O)C(F)(F)F.O=C(O)C(F)(F)F.